The van der Waals surface area contributed by atoms with E-state index in [1.807, 2.05) is 12.1 Å². The third-order valence-electron chi connectivity index (χ3n) is 2.75. The van der Waals surface area contributed by atoms with Crippen LogP contribution in [0.15, 0.2) is 18.2 Å². The van der Waals surface area contributed by atoms with Crippen molar-refractivity contribution in [2.24, 2.45) is 5.73 Å². The number of rotatable bonds is 4. The minimum absolute atomic E-state index is 0.108. The number of nitrogens with one attached hydrogen (secondary N) is 1. The lowest BCUT2D eigenvalue weighted by Crippen LogP contribution is -2.05. The van der Waals surface area contributed by atoms with Crippen molar-refractivity contribution in [2.45, 2.75) is 25.7 Å². The van der Waals surface area contributed by atoms with Gasteiger partial charge in [0.1, 0.15) is 0 Å². The summed E-state index contributed by atoms with van der Waals surface area (Å²) >= 11 is 0. The zero-order valence-corrected chi connectivity index (χ0v) is 8.75. The molecule has 2 rings (SSSR count). The third-order valence-corrected chi connectivity index (χ3v) is 2.75. The van der Waals surface area contributed by atoms with Crippen LogP contribution in [0.5, 0.6) is 0 Å². The number of aryl methyl sites for hydroxylation is 1. The highest BCUT2D eigenvalue weighted by molar-refractivity contribution is 6.00. The van der Waals surface area contributed by atoms with E-state index in [0.29, 0.717) is 6.42 Å². The maximum atomic E-state index is 11.3. The molecule has 0 saturated heterocycles. The van der Waals surface area contributed by atoms with Gasteiger partial charge in [-0.1, -0.05) is 18.2 Å². The van der Waals surface area contributed by atoms with Crippen LogP contribution in [0, 0.1) is 0 Å². The zero-order valence-electron chi connectivity index (χ0n) is 8.75. The van der Waals surface area contributed by atoms with Crippen molar-refractivity contribution < 1.29 is 4.79 Å². The molecule has 0 fully saturated rings. The summed E-state index contributed by atoms with van der Waals surface area (Å²) in [6.07, 6.45) is 3.65. The Morgan fingerprint density at radius 3 is 3.00 bits per heavy atom. The molecule has 1 aliphatic rings. The molecule has 0 saturated carbocycles. The lowest BCUT2D eigenvalue weighted by molar-refractivity contribution is -0.115. The first-order chi connectivity index (χ1) is 7.31. The van der Waals surface area contributed by atoms with Crippen LogP contribution in [0.2, 0.25) is 0 Å². The van der Waals surface area contributed by atoms with Gasteiger partial charge in [0, 0.05) is 5.69 Å². The van der Waals surface area contributed by atoms with E-state index in [-0.39, 0.29) is 5.91 Å². The molecule has 1 heterocycles. The van der Waals surface area contributed by atoms with E-state index in [0.717, 1.165) is 37.1 Å². The Morgan fingerprint density at radius 1 is 1.33 bits per heavy atom. The predicted molar refractivity (Wildman–Crippen MR) is 60.8 cm³/mol. The smallest absolute Gasteiger partial charge is 0.228 e. The van der Waals surface area contributed by atoms with Crippen LogP contribution in [0.25, 0.3) is 0 Å². The second-order valence-electron chi connectivity index (χ2n) is 3.92. The van der Waals surface area contributed by atoms with E-state index in [1.54, 1.807) is 0 Å². The topological polar surface area (TPSA) is 55.1 Å². The number of benzene rings is 1. The second-order valence-corrected chi connectivity index (χ2v) is 3.92. The highest BCUT2D eigenvalue weighted by Crippen LogP contribution is 2.27. The van der Waals surface area contributed by atoms with Crippen LogP contribution in [0.1, 0.15) is 24.0 Å². The van der Waals surface area contributed by atoms with Crippen molar-refractivity contribution in [3.63, 3.8) is 0 Å². The monoisotopic (exact) mass is 204 g/mol. The van der Waals surface area contributed by atoms with E-state index in [2.05, 4.69) is 11.4 Å². The Morgan fingerprint density at radius 2 is 2.20 bits per heavy atom. The Labute approximate surface area is 89.7 Å². The van der Waals surface area contributed by atoms with Gasteiger partial charge in [-0.25, -0.2) is 0 Å². The van der Waals surface area contributed by atoms with Crippen molar-refractivity contribution in [2.75, 3.05) is 11.9 Å². The number of para-hydroxylation sites is 1. The highest BCUT2D eigenvalue weighted by atomic mass is 16.1. The summed E-state index contributed by atoms with van der Waals surface area (Å²) in [6, 6.07) is 6.12. The van der Waals surface area contributed by atoms with Crippen LogP contribution in [0.4, 0.5) is 5.69 Å². The van der Waals surface area contributed by atoms with Crippen molar-refractivity contribution >= 4 is 11.6 Å². The molecule has 0 spiro atoms. The van der Waals surface area contributed by atoms with Gasteiger partial charge in [0.2, 0.25) is 5.91 Å². The quantitative estimate of drug-likeness (QED) is 0.729. The fourth-order valence-electron chi connectivity index (χ4n) is 1.99. The van der Waals surface area contributed by atoms with Crippen LogP contribution in [-0.4, -0.2) is 12.5 Å². The number of hydrogen-bond acceptors (Lipinski definition) is 2. The molecule has 0 bridgehead atoms. The van der Waals surface area contributed by atoms with Crippen molar-refractivity contribution in [3.05, 3.63) is 29.3 Å². The summed E-state index contributed by atoms with van der Waals surface area (Å²) in [5, 5.41) is 2.92. The predicted octanol–water partition coefficient (Wildman–Crippen LogP) is 1.46. The van der Waals surface area contributed by atoms with Gasteiger partial charge in [0.05, 0.1) is 6.42 Å². The minimum atomic E-state index is 0.108. The minimum Gasteiger partial charge on any atom is -0.330 e. The van der Waals surface area contributed by atoms with E-state index in [4.69, 9.17) is 5.73 Å². The molecule has 0 aromatic heterocycles. The summed E-state index contributed by atoms with van der Waals surface area (Å²) in [5.74, 6) is 0.108. The van der Waals surface area contributed by atoms with Gasteiger partial charge in [-0.3, -0.25) is 4.79 Å². The maximum absolute atomic E-state index is 11.3. The first kappa shape index (κ1) is 10.2. The summed E-state index contributed by atoms with van der Waals surface area (Å²) in [5.41, 5.74) is 8.87. The van der Waals surface area contributed by atoms with Crippen molar-refractivity contribution in [1.82, 2.24) is 0 Å². The van der Waals surface area contributed by atoms with Crippen LogP contribution >= 0.6 is 0 Å². The number of amides is 1. The highest BCUT2D eigenvalue weighted by Gasteiger charge is 2.19. The number of anilines is 1. The van der Waals surface area contributed by atoms with Gasteiger partial charge in [0.15, 0.2) is 0 Å². The molecule has 1 aromatic rings. The molecule has 3 heteroatoms. The van der Waals surface area contributed by atoms with Gasteiger partial charge >= 0.3 is 0 Å². The average molecular weight is 204 g/mol. The van der Waals surface area contributed by atoms with Gasteiger partial charge < -0.3 is 11.1 Å². The average Bonchev–Trinajstić information content (AvgIpc) is 2.59. The number of nitrogens with two attached hydrogens (primary N) is 1. The summed E-state index contributed by atoms with van der Waals surface area (Å²) in [7, 11) is 0. The molecule has 3 N–H and O–H groups in total. The molecule has 0 aliphatic carbocycles. The summed E-state index contributed by atoms with van der Waals surface area (Å²) in [4.78, 5) is 11.3. The van der Waals surface area contributed by atoms with Crippen molar-refractivity contribution in [1.29, 1.82) is 0 Å². The number of fused-ring (bicyclic) bond motifs is 1. The largest absolute Gasteiger partial charge is 0.330 e. The van der Waals surface area contributed by atoms with Crippen LogP contribution in [0.3, 0.4) is 0 Å². The SMILES string of the molecule is NCCCCc1cccc2c1NC(=O)C2. The fraction of sp³-hybridized carbons (Fsp3) is 0.417. The number of hydrogen-bond donors (Lipinski definition) is 2. The Kier molecular flexibility index (Phi) is 3.02. The van der Waals surface area contributed by atoms with Gasteiger partial charge in [-0.05, 0) is 36.9 Å². The lowest BCUT2D eigenvalue weighted by Gasteiger charge is -2.07. The van der Waals surface area contributed by atoms with Crippen LogP contribution < -0.4 is 11.1 Å². The molecule has 0 unspecified atom stereocenters. The normalized spacial score (nSPS) is 13.8. The molecule has 1 aromatic carbocycles. The molecule has 80 valence electrons. The van der Waals surface area contributed by atoms with E-state index in [1.165, 1.54) is 5.56 Å². The Hall–Kier alpha value is -1.35. The number of carbonyl (C=O) groups excluding carboxylic acids is 1. The fourth-order valence-corrected chi connectivity index (χ4v) is 1.99. The molecule has 15 heavy (non-hydrogen) atoms. The lowest BCUT2D eigenvalue weighted by atomic mass is 10.0. The molecule has 0 radical (unpaired) electrons. The molecule has 1 amide bonds. The van der Waals surface area contributed by atoms with E-state index < -0.39 is 0 Å². The first-order valence-electron chi connectivity index (χ1n) is 5.42. The van der Waals surface area contributed by atoms with E-state index in [9.17, 15) is 4.79 Å². The zero-order chi connectivity index (χ0) is 10.7. The van der Waals surface area contributed by atoms with Gasteiger partial charge in [-0.2, -0.15) is 0 Å². The number of carbonyl (C=O) groups is 1. The molecular formula is C12H16N2O. The molecule has 3 nitrogen and oxygen atoms in total. The second kappa shape index (κ2) is 4.45. The summed E-state index contributed by atoms with van der Waals surface area (Å²) in [6.45, 7) is 0.737. The molecular weight excluding hydrogens is 188 g/mol. The maximum Gasteiger partial charge on any atom is 0.228 e. The van der Waals surface area contributed by atoms with Gasteiger partial charge in [0.25, 0.3) is 0 Å². The third kappa shape index (κ3) is 2.18. The first-order valence-corrected chi connectivity index (χ1v) is 5.42. The van der Waals surface area contributed by atoms with Crippen molar-refractivity contribution in [3.8, 4) is 0 Å². The van der Waals surface area contributed by atoms with Gasteiger partial charge in [-0.15, -0.1) is 0 Å². The number of unbranched alkanes of at least 4 members (excludes halogenated alkanes) is 1. The Bertz CT molecular complexity index is 374. The van der Waals surface area contributed by atoms with Crippen LogP contribution in [-0.2, 0) is 17.6 Å². The summed E-state index contributed by atoms with van der Waals surface area (Å²) < 4.78 is 0. The molecule has 1 aliphatic heterocycles. The van der Waals surface area contributed by atoms with E-state index >= 15 is 0 Å². The molecule has 0 atom stereocenters. The Balaban J connectivity index is 2.12. The standard InChI is InChI=1S/C12H16N2O/c13-7-2-1-4-9-5-3-6-10-8-11(15)14-12(9)10/h3,5-6H,1-2,4,7-8,13H2,(H,14,15).